The quantitative estimate of drug-likeness (QED) is 0.839. The molecule has 0 bridgehead atoms. The van der Waals surface area contributed by atoms with Gasteiger partial charge in [-0.1, -0.05) is 49.6 Å². The zero-order chi connectivity index (χ0) is 12.1. The van der Waals surface area contributed by atoms with Crippen LogP contribution in [0.5, 0.6) is 0 Å². The number of benzene rings is 1. The topological polar surface area (TPSA) is 55.1 Å². The fraction of sp³-hybridized carbons (Fsp3) is 0.500. The van der Waals surface area contributed by atoms with Crippen molar-refractivity contribution in [1.82, 2.24) is 5.32 Å². The molecule has 0 spiro atoms. The maximum absolute atomic E-state index is 12.0. The molecule has 0 heterocycles. The van der Waals surface area contributed by atoms with Crippen LogP contribution in [0.15, 0.2) is 30.3 Å². The van der Waals surface area contributed by atoms with Gasteiger partial charge < -0.3 is 11.1 Å². The van der Waals surface area contributed by atoms with Crippen LogP contribution in [0, 0.1) is 0 Å². The molecule has 1 aromatic carbocycles. The molecule has 1 saturated carbocycles. The van der Waals surface area contributed by atoms with Crippen molar-refractivity contribution in [3.05, 3.63) is 35.9 Å². The molecule has 17 heavy (non-hydrogen) atoms. The summed E-state index contributed by atoms with van der Waals surface area (Å²) in [5, 5.41) is 3.05. The predicted molar refractivity (Wildman–Crippen MR) is 68.4 cm³/mol. The van der Waals surface area contributed by atoms with Crippen molar-refractivity contribution < 1.29 is 4.79 Å². The molecule has 0 aliphatic heterocycles. The van der Waals surface area contributed by atoms with Gasteiger partial charge >= 0.3 is 0 Å². The highest BCUT2D eigenvalue weighted by Crippen LogP contribution is 2.18. The van der Waals surface area contributed by atoms with E-state index in [9.17, 15) is 4.79 Å². The van der Waals surface area contributed by atoms with E-state index >= 15 is 0 Å². The minimum absolute atomic E-state index is 0.0527. The van der Waals surface area contributed by atoms with Gasteiger partial charge in [-0.05, 0) is 18.4 Å². The van der Waals surface area contributed by atoms with Crippen LogP contribution in [0.2, 0.25) is 0 Å². The molecule has 3 heteroatoms. The standard InChI is InChI=1S/C14H20N2O/c15-13(11-7-3-1-4-8-11)14(17)16-12-9-5-2-6-10-12/h1,3-4,7-8,12-13H,2,5-6,9-10,15H2,(H,16,17). The van der Waals surface area contributed by atoms with Crippen molar-refractivity contribution in [2.75, 3.05) is 0 Å². The molecule has 0 radical (unpaired) electrons. The lowest BCUT2D eigenvalue weighted by Crippen LogP contribution is -2.41. The third-order valence-electron chi connectivity index (χ3n) is 3.39. The van der Waals surface area contributed by atoms with Gasteiger partial charge in [0.2, 0.25) is 5.91 Å². The molecule has 0 aromatic heterocycles. The van der Waals surface area contributed by atoms with Gasteiger partial charge in [-0.25, -0.2) is 0 Å². The summed E-state index contributed by atoms with van der Waals surface area (Å²) in [6.45, 7) is 0. The van der Waals surface area contributed by atoms with Crippen molar-refractivity contribution in [2.45, 2.75) is 44.2 Å². The van der Waals surface area contributed by atoms with E-state index in [4.69, 9.17) is 5.73 Å². The van der Waals surface area contributed by atoms with Crippen LogP contribution in [0.4, 0.5) is 0 Å². The van der Waals surface area contributed by atoms with Crippen LogP contribution in [0.1, 0.15) is 43.7 Å². The van der Waals surface area contributed by atoms with Crippen LogP contribution < -0.4 is 11.1 Å². The Balaban J connectivity index is 1.91. The summed E-state index contributed by atoms with van der Waals surface area (Å²) in [4.78, 5) is 12.0. The fourth-order valence-corrected chi connectivity index (χ4v) is 2.35. The summed E-state index contributed by atoms with van der Waals surface area (Å²) < 4.78 is 0. The average Bonchev–Trinajstić information content (AvgIpc) is 2.40. The van der Waals surface area contributed by atoms with Crippen molar-refractivity contribution in [2.24, 2.45) is 5.73 Å². The Morgan fingerprint density at radius 3 is 2.47 bits per heavy atom. The lowest BCUT2D eigenvalue weighted by atomic mass is 9.95. The molecule has 1 unspecified atom stereocenters. The summed E-state index contributed by atoms with van der Waals surface area (Å²) in [6, 6.07) is 9.31. The van der Waals surface area contributed by atoms with Gasteiger partial charge in [0.15, 0.2) is 0 Å². The van der Waals surface area contributed by atoms with Gasteiger partial charge in [-0.15, -0.1) is 0 Å². The van der Waals surface area contributed by atoms with Crippen molar-refractivity contribution in [1.29, 1.82) is 0 Å². The zero-order valence-corrected chi connectivity index (χ0v) is 10.1. The molecule has 3 N–H and O–H groups in total. The number of amides is 1. The van der Waals surface area contributed by atoms with E-state index in [2.05, 4.69) is 5.32 Å². The maximum atomic E-state index is 12.0. The number of hydrogen-bond donors (Lipinski definition) is 2. The van der Waals surface area contributed by atoms with Crippen LogP contribution in [0.25, 0.3) is 0 Å². The van der Waals surface area contributed by atoms with Gasteiger partial charge in [0.05, 0.1) is 0 Å². The summed E-state index contributed by atoms with van der Waals surface area (Å²) in [7, 11) is 0. The summed E-state index contributed by atoms with van der Waals surface area (Å²) in [6.07, 6.45) is 5.90. The van der Waals surface area contributed by atoms with Gasteiger partial charge in [-0.3, -0.25) is 4.79 Å². The molecule has 1 aliphatic rings. The van der Waals surface area contributed by atoms with Gasteiger partial charge in [0.1, 0.15) is 6.04 Å². The Morgan fingerprint density at radius 2 is 1.82 bits per heavy atom. The minimum Gasteiger partial charge on any atom is -0.352 e. The van der Waals surface area contributed by atoms with E-state index in [1.165, 1.54) is 19.3 Å². The lowest BCUT2D eigenvalue weighted by molar-refractivity contribution is -0.123. The van der Waals surface area contributed by atoms with Crippen LogP contribution in [0.3, 0.4) is 0 Å². The first-order chi connectivity index (χ1) is 8.27. The molecule has 92 valence electrons. The molecule has 1 amide bonds. The largest absolute Gasteiger partial charge is 0.352 e. The van der Waals surface area contributed by atoms with Crippen LogP contribution in [-0.2, 0) is 4.79 Å². The van der Waals surface area contributed by atoms with Crippen LogP contribution >= 0.6 is 0 Å². The minimum atomic E-state index is -0.543. The van der Waals surface area contributed by atoms with Gasteiger partial charge in [-0.2, -0.15) is 0 Å². The van der Waals surface area contributed by atoms with E-state index in [1.54, 1.807) is 0 Å². The molecular weight excluding hydrogens is 212 g/mol. The Morgan fingerprint density at radius 1 is 1.18 bits per heavy atom. The summed E-state index contributed by atoms with van der Waals surface area (Å²) >= 11 is 0. The monoisotopic (exact) mass is 232 g/mol. The molecular formula is C14H20N2O. The van der Waals surface area contributed by atoms with E-state index in [0.29, 0.717) is 6.04 Å². The first kappa shape index (κ1) is 12.1. The second-order valence-corrected chi connectivity index (χ2v) is 4.73. The molecule has 1 atom stereocenters. The summed E-state index contributed by atoms with van der Waals surface area (Å²) in [5.41, 5.74) is 6.82. The highest BCUT2D eigenvalue weighted by atomic mass is 16.2. The number of nitrogens with two attached hydrogens (primary N) is 1. The maximum Gasteiger partial charge on any atom is 0.241 e. The van der Waals surface area contributed by atoms with E-state index in [1.807, 2.05) is 30.3 Å². The van der Waals surface area contributed by atoms with E-state index in [0.717, 1.165) is 18.4 Å². The third-order valence-corrected chi connectivity index (χ3v) is 3.39. The van der Waals surface area contributed by atoms with Crippen molar-refractivity contribution in [3.63, 3.8) is 0 Å². The number of nitrogens with one attached hydrogen (secondary N) is 1. The van der Waals surface area contributed by atoms with E-state index in [-0.39, 0.29) is 5.91 Å². The molecule has 0 saturated heterocycles. The normalized spacial score (nSPS) is 18.6. The Bertz CT molecular complexity index is 358. The number of carbonyl (C=O) groups is 1. The molecule has 1 fully saturated rings. The third kappa shape index (κ3) is 3.30. The zero-order valence-electron chi connectivity index (χ0n) is 10.1. The van der Waals surface area contributed by atoms with Crippen molar-refractivity contribution >= 4 is 5.91 Å². The van der Waals surface area contributed by atoms with Crippen LogP contribution in [-0.4, -0.2) is 11.9 Å². The fourth-order valence-electron chi connectivity index (χ4n) is 2.35. The highest BCUT2D eigenvalue weighted by Gasteiger charge is 2.20. The number of rotatable bonds is 3. The lowest BCUT2D eigenvalue weighted by Gasteiger charge is -2.24. The Hall–Kier alpha value is -1.35. The second kappa shape index (κ2) is 5.82. The molecule has 1 aliphatic carbocycles. The highest BCUT2D eigenvalue weighted by molar-refractivity contribution is 5.83. The SMILES string of the molecule is NC(C(=O)NC1CCCCC1)c1ccccc1. The molecule has 2 rings (SSSR count). The molecule has 3 nitrogen and oxygen atoms in total. The smallest absolute Gasteiger partial charge is 0.241 e. The molecule has 1 aromatic rings. The van der Waals surface area contributed by atoms with Gasteiger partial charge in [0, 0.05) is 6.04 Å². The Kier molecular flexibility index (Phi) is 4.15. The van der Waals surface area contributed by atoms with Crippen molar-refractivity contribution in [3.8, 4) is 0 Å². The first-order valence-electron chi connectivity index (χ1n) is 6.38. The van der Waals surface area contributed by atoms with E-state index < -0.39 is 6.04 Å². The number of hydrogen-bond acceptors (Lipinski definition) is 2. The second-order valence-electron chi connectivity index (χ2n) is 4.73. The summed E-state index contributed by atoms with van der Waals surface area (Å²) in [5.74, 6) is -0.0527. The number of carbonyl (C=O) groups excluding carboxylic acids is 1. The van der Waals surface area contributed by atoms with Gasteiger partial charge in [0.25, 0.3) is 0 Å². The predicted octanol–water partition coefficient (Wildman–Crippen LogP) is 2.14. The first-order valence-corrected chi connectivity index (χ1v) is 6.38. The average molecular weight is 232 g/mol. The Labute approximate surface area is 102 Å².